The van der Waals surface area contributed by atoms with E-state index in [9.17, 15) is 0 Å². The van der Waals surface area contributed by atoms with Crippen LogP contribution in [0.3, 0.4) is 0 Å². The Kier molecular flexibility index (Phi) is 4.02. The van der Waals surface area contributed by atoms with Crippen LogP contribution in [0, 0.1) is 0 Å². The second-order valence-electron chi connectivity index (χ2n) is 6.04. The summed E-state index contributed by atoms with van der Waals surface area (Å²) in [6.45, 7) is 0.831. The molecule has 0 unspecified atom stereocenters. The van der Waals surface area contributed by atoms with Crippen LogP contribution in [0.15, 0.2) is 66.3 Å². The molecule has 0 aliphatic heterocycles. The van der Waals surface area contributed by atoms with Crippen LogP contribution >= 0.6 is 0 Å². The largest absolute Gasteiger partial charge is 0.493 e. The van der Waals surface area contributed by atoms with Crippen LogP contribution in [0.2, 0.25) is 0 Å². The van der Waals surface area contributed by atoms with Crippen molar-refractivity contribution in [3.05, 3.63) is 66.3 Å². The number of ether oxygens (including phenoxy) is 2. The van der Waals surface area contributed by atoms with Crippen molar-refractivity contribution in [1.29, 1.82) is 0 Å². The van der Waals surface area contributed by atoms with E-state index in [4.69, 9.17) is 14.5 Å². The molecule has 4 heteroatoms. The van der Waals surface area contributed by atoms with E-state index < -0.39 is 0 Å². The van der Waals surface area contributed by atoms with Gasteiger partial charge in [-0.05, 0) is 42.3 Å². The number of hydrogen-bond donors (Lipinski definition) is 0. The first kappa shape index (κ1) is 15.5. The van der Waals surface area contributed by atoms with Gasteiger partial charge >= 0.3 is 0 Å². The van der Waals surface area contributed by atoms with E-state index in [1.165, 1.54) is 5.57 Å². The van der Waals surface area contributed by atoms with Gasteiger partial charge in [0, 0.05) is 12.1 Å². The zero-order chi connectivity index (χ0) is 17.2. The average molecular weight is 332 g/mol. The van der Waals surface area contributed by atoms with E-state index in [0.29, 0.717) is 5.75 Å². The molecule has 126 valence electrons. The first-order valence-corrected chi connectivity index (χ1v) is 8.32. The molecule has 0 saturated carbocycles. The molecule has 4 nitrogen and oxygen atoms in total. The van der Waals surface area contributed by atoms with E-state index in [0.717, 1.165) is 41.1 Å². The Hall–Kier alpha value is -3.01. The van der Waals surface area contributed by atoms with Gasteiger partial charge in [0.1, 0.15) is 5.82 Å². The molecule has 0 fully saturated rings. The first-order chi connectivity index (χ1) is 12.3. The van der Waals surface area contributed by atoms with E-state index >= 15 is 0 Å². The number of imidazole rings is 1. The van der Waals surface area contributed by atoms with E-state index in [-0.39, 0.29) is 0 Å². The molecule has 1 aliphatic carbocycles. The molecule has 0 N–H and O–H groups in total. The van der Waals surface area contributed by atoms with Gasteiger partial charge in [-0.1, -0.05) is 30.4 Å². The van der Waals surface area contributed by atoms with Crippen LogP contribution in [-0.4, -0.2) is 23.8 Å². The third-order valence-electron chi connectivity index (χ3n) is 4.51. The minimum absolute atomic E-state index is 0.709. The minimum atomic E-state index is 0.709. The monoisotopic (exact) mass is 332 g/mol. The van der Waals surface area contributed by atoms with E-state index in [2.05, 4.69) is 41.0 Å². The van der Waals surface area contributed by atoms with Crippen molar-refractivity contribution in [2.45, 2.75) is 13.0 Å². The molecule has 2 aromatic carbocycles. The summed E-state index contributed by atoms with van der Waals surface area (Å²) in [4.78, 5) is 4.87. The lowest BCUT2D eigenvalue weighted by Gasteiger charge is -2.12. The molecule has 0 bridgehead atoms. The maximum Gasteiger partial charge on any atom is 0.161 e. The molecule has 0 radical (unpaired) electrons. The summed E-state index contributed by atoms with van der Waals surface area (Å²) in [5.74, 6) is 2.37. The number of fused-ring (bicyclic) bond motifs is 1. The van der Waals surface area contributed by atoms with E-state index in [1.807, 2.05) is 24.3 Å². The Morgan fingerprint density at radius 2 is 1.88 bits per heavy atom. The minimum Gasteiger partial charge on any atom is -0.493 e. The third kappa shape index (κ3) is 2.80. The molecule has 1 aliphatic rings. The lowest BCUT2D eigenvalue weighted by atomic mass is 10.1. The first-order valence-electron chi connectivity index (χ1n) is 8.32. The number of para-hydroxylation sites is 2. The van der Waals surface area contributed by atoms with Gasteiger partial charge in [0.2, 0.25) is 0 Å². The number of aromatic nitrogens is 2. The smallest absolute Gasteiger partial charge is 0.161 e. The zero-order valence-corrected chi connectivity index (χ0v) is 14.4. The maximum atomic E-state index is 5.46. The lowest BCUT2D eigenvalue weighted by Crippen LogP contribution is -2.03. The standard InChI is InChI=1S/C21H20N2O2/c1-24-19-12-11-16(13-20(19)25-2)21-22-17-9-5-6-10-18(17)23(21)14-15-7-3-4-8-15/h3-7,9-13H,8,14H2,1-2H3. The fraction of sp³-hybridized carbons (Fsp3) is 0.190. The molecule has 1 heterocycles. The molecule has 25 heavy (non-hydrogen) atoms. The van der Waals surface area contributed by atoms with Gasteiger partial charge in [0.25, 0.3) is 0 Å². The molecule has 0 amide bonds. The number of benzene rings is 2. The highest BCUT2D eigenvalue weighted by Crippen LogP contribution is 2.34. The summed E-state index contributed by atoms with van der Waals surface area (Å²) < 4.78 is 13.1. The second kappa shape index (κ2) is 6.48. The van der Waals surface area contributed by atoms with Gasteiger partial charge in [-0.3, -0.25) is 0 Å². The fourth-order valence-electron chi connectivity index (χ4n) is 3.24. The second-order valence-corrected chi connectivity index (χ2v) is 6.04. The van der Waals surface area contributed by atoms with Crippen LogP contribution in [0.4, 0.5) is 0 Å². The highest BCUT2D eigenvalue weighted by atomic mass is 16.5. The van der Waals surface area contributed by atoms with Gasteiger partial charge in [-0.15, -0.1) is 0 Å². The van der Waals surface area contributed by atoms with Gasteiger partial charge in [-0.2, -0.15) is 0 Å². The fourth-order valence-corrected chi connectivity index (χ4v) is 3.24. The van der Waals surface area contributed by atoms with Crippen LogP contribution < -0.4 is 9.47 Å². The van der Waals surface area contributed by atoms with Gasteiger partial charge in [0.15, 0.2) is 11.5 Å². The quantitative estimate of drug-likeness (QED) is 0.685. The highest BCUT2D eigenvalue weighted by Gasteiger charge is 2.16. The summed E-state index contributed by atoms with van der Waals surface area (Å²) in [6.07, 6.45) is 7.49. The topological polar surface area (TPSA) is 36.3 Å². The zero-order valence-electron chi connectivity index (χ0n) is 14.4. The van der Waals surface area contributed by atoms with Crippen molar-refractivity contribution in [2.24, 2.45) is 0 Å². The Bertz CT molecular complexity index is 983. The van der Waals surface area contributed by atoms with Crippen molar-refractivity contribution < 1.29 is 9.47 Å². The molecule has 0 saturated heterocycles. The number of hydrogen-bond acceptors (Lipinski definition) is 3. The molecule has 1 aromatic heterocycles. The van der Waals surface area contributed by atoms with Crippen LogP contribution in [0.1, 0.15) is 6.42 Å². The van der Waals surface area contributed by atoms with Gasteiger partial charge in [0.05, 0.1) is 25.3 Å². The number of nitrogens with zero attached hydrogens (tertiary/aromatic N) is 2. The summed E-state index contributed by atoms with van der Waals surface area (Å²) in [5.41, 5.74) is 4.53. The van der Waals surface area contributed by atoms with Crippen molar-refractivity contribution in [2.75, 3.05) is 14.2 Å². The molecular formula is C21H20N2O2. The summed E-state index contributed by atoms with van der Waals surface area (Å²) >= 11 is 0. The Morgan fingerprint density at radius 1 is 1.04 bits per heavy atom. The van der Waals surface area contributed by atoms with Crippen LogP contribution in [-0.2, 0) is 6.54 Å². The molecular weight excluding hydrogens is 312 g/mol. The summed E-state index contributed by atoms with van der Waals surface area (Å²) in [5, 5.41) is 0. The summed E-state index contributed by atoms with van der Waals surface area (Å²) in [6, 6.07) is 14.2. The van der Waals surface area contributed by atoms with Gasteiger partial charge < -0.3 is 14.0 Å². The van der Waals surface area contributed by atoms with E-state index in [1.54, 1.807) is 14.2 Å². The van der Waals surface area contributed by atoms with Crippen LogP contribution in [0.25, 0.3) is 22.4 Å². The van der Waals surface area contributed by atoms with Crippen molar-refractivity contribution in [3.63, 3.8) is 0 Å². The van der Waals surface area contributed by atoms with Gasteiger partial charge in [-0.25, -0.2) is 4.98 Å². The van der Waals surface area contributed by atoms with Crippen molar-refractivity contribution in [3.8, 4) is 22.9 Å². The Labute approximate surface area is 147 Å². The average Bonchev–Trinajstić information content (AvgIpc) is 3.30. The predicted octanol–water partition coefficient (Wildman–Crippen LogP) is 4.61. The predicted molar refractivity (Wildman–Crippen MR) is 100 cm³/mol. The molecule has 0 spiro atoms. The lowest BCUT2D eigenvalue weighted by molar-refractivity contribution is 0.355. The normalized spacial score (nSPS) is 13.3. The summed E-state index contributed by atoms with van der Waals surface area (Å²) in [7, 11) is 3.30. The highest BCUT2D eigenvalue weighted by molar-refractivity contribution is 5.81. The Balaban J connectivity index is 1.86. The number of rotatable bonds is 5. The molecule has 4 rings (SSSR count). The SMILES string of the molecule is COc1ccc(-c2nc3ccccc3n2CC2=CC=CC2)cc1OC. The molecule has 3 aromatic rings. The van der Waals surface area contributed by atoms with Crippen LogP contribution in [0.5, 0.6) is 11.5 Å². The number of methoxy groups -OCH3 is 2. The maximum absolute atomic E-state index is 5.46. The van der Waals surface area contributed by atoms with Crippen molar-refractivity contribution in [1.82, 2.24) is 9.55 Å². The molecule has 0 atom stereocenters. The number of allylic oxidation sites excluding steroid dienone is 4. The van der Waals surface area contributed by atoms with Crippen molar-refractivity contribution >= 4 is 11.0 Å². The third-order valence-corrected chi connectivity index (χ3v) is 4.51. The Morgan fingerprint density at radius 3 is 2.64 bits per heavy atom.